The Morgan fingerprint density at radius 2 is 2.67 bits per heavy atom. The third kappa shape index (κ3) is 2.41. The van der Waals surface area contributed by atoms with E-state index in [0.717, 1.165) is 11.4 Å². The lowest BCUT2D eigenvalue weighted by atomic mass is 10.4. The van der Waals surface area contributed by atoms with E-state index in [0.29, 0.717) is 4.83 Å². The molecule has 1 aromatic heterocycles. The van der Waals surface area contributed by atoms with Crippen molar-refractivity contribution in [3.63, 3.8) is 0 Å². The summed E-state index contributed by atoms with van der Waals surface area (Å²) in [6.45, 7) is 2.10. The summed E-state index contributed by atoms with van der Waals surface area (Å²) in [6.07, 6.45) is 0.977. The third-order valence-electron chi connectivity index (χ3n) is 0.861. The lowest BCUT2D eigenvalue weighted by Gasteiger charge is -1.94. The average molecular weight is 207 g/mol. The molecule has 1 rings (SSSR count). The molecule has 0 aliphatic rings. The van der Waals surface area contributed by atoms with Gasteiger partial charge in [0.25, 0.3) is 0 Å². The molecule has 50 valence electrons. The Hall–Kier alpha value is 0.0400. The minimum absolute atomic E-state index is 0.505. The highest BCUT2D eigenvalue weighted by atomic mass is 79.9. The molecule has 1 aromatic rings. The normalized spacial score (nSPS) is 13.6. The van der Waals surface area contributed by atoms with Crippen LogP contribution in [0.4, 0.5) is 0 Å². The van der Waals surface area contributed by atoms with E-state index in [1.165, 1.54) is 0 Å². The molecule has 0 amide bonds. The van der Waals surface area contributed by atoms with Gasteiger partial charge in [-0.15, -0.1) is 21.5 Å². The Morgan fingerprint density at radius 1 is 1.89 bits per heavy atom. The van der Waals surface area contributed by atoms with Crippen LogP contribution in [0, 0.1) is 0 Å². The van der Waals surface area contributed by atoms with Crippen LogP contribution in [0.5, 0.6) is 0 Å². The van der Waals surface area contributed by atoms with E-state index in [2.05, 4.69) is 33.1 Å². The van der Waals surface area contributed by atoms with Crippen LogP contribution in [0.3, 0.4) is 0 Å². The predicted molar refractivity (Wildman–Crippen MR) is 42.0 cm³/mol. The van der Waals surface area contributed by atoms with Gasteiger partial charge >= 0.3 is 0 Å². The molecule has 0 radical (unpaired) electrons. The fourth-order valence-corrected chi connectivity index (χ4v) is 1.70. The van der Waals surface area contributed by atoms with Crippen LogP contribution in [-0.2, 0) is 6.42 Å². The first-order valence-electron chi connectivity index (χ1n) is 2.68. The van der Waals surface area contributed by atoms with Crippen molar-refractivity contribution >= 4 is 27.3 Å². The van der Waals surface area contributed by atoms with E-state index >= 15 is 0 Å². The summed E-state index contributed by atoms with van der Waals surface area (Å²) in [5.74, 6) is 0. The predicted octanol–water partition coefficient (Wildman–Crippen LogP) is 1.86. The van der Waals surface area contributed by atoms with Crippen molar-refractivity contribution in [2.45, 2.75) is 18.2 Å². The van der Waals surface area contributed by atoms with Gasteiger partial charge in [0, 0.05) is 11.2 Å². The van der Waals surface area contributed by atoms with Crippen molar-refractivity contribution in [3.8, 4) is 0 Å². The van der Waals surface area contributed by atoms with Crippen molar-refractivity contribution in [3.05, 3.63) is 10.5 Å². The van der Waals surface area contributed by atoms with Gasteiger partial charge < -0.3 is 0 Å². The zero-order chi connectivity index (χ0) is 6.69. The topological polar surface area (TPSA) is 25.8 Å². The first-order chi connectivity index (χ1) is 4.29. The van der Waals surface area contributed by atoms with E-state index in [4.69, 9.17) is 0 Å². The van der Waals surface area contributed by atoms with Gasteiger partial charge in [0.2, 0.25) is 0 Å². The molecule has 0 spiro atoms. The maximum atomic E-state index is 3.89. The highest BCUT2D eigenvalue weighted by Gasteiger charge is 2.00. The highest BCUT2D eigenvalue weighted by Crippen LogP contribution is 2.09. The summed E-state index contributed by atoms with van der Waals surface area (Å²) in [5.41, 5.74) is 1.75. The standard InChI is InChI=1S/C5H7BrN2S/c1-4(6)2-5-8-7-3-9-5/h3-4H,2H2,1H3. The smallest absolute Gasteiger partial charge is 0.118 e. The SMILES string of the molecule is CC(Br)Cc1nncs1. The van der Waals surface area contributed by atoms with Gasteiger partial charge in [-0.2, -0.15) is 0 Å². The van der Waals surface area contributed by atoms with E-state index in [1.807, 2.05) is 0 Å². The number of hydrogen-bond donors (Lipinski definition) is 0. The number of aromatic nitrogens is 2. The van der Waals surface area contributed by atoms with Crippen molar-refractivity contribution in [2.24, 2.45) is 0 Å². The Kier molecular flexibility index (Phi) is 2.60. The number of nitrogens with zero attached hydrogens (tertiary/aromatic N) is 2. The fraction of sp³-hybridized carbons (Fsp3) is 0.600. The van der Waals surface area contributed by atoms with Crippen molar-refractivity contribution in [2.75, 3.05) is 0 Å². The minimum Gasteiger partial charge on any atom is -0.147 e. The zero-order valence-corrected chi connectivity index (χ0v) is 7.44. The summed E-state index contributed by atoms with van der Waals surface area (Å²) in [5, 5.41) is 8.71. The van der Waals surface area contributed by atoms with Crippen LogP contribution in [0.25, 0.3) is 0 Å². The molecule has 1 atom stereocenters. The van der Waals surface area contributed by atoms with Crippen molar-refractivity contribution < 1.29 is 0 Å². The number of alkyl halides is 1. The molecule has 0 saturated carbocycles. The minimum atomic E-state index is 0.505. The van der Waals surface area contributed by atoms with E-state index < -0.39 is 0 Å². The van der Waals surface area contributed by atoms with Gasteiger partial charge in [-0.3, -0.25) is 0 Å². The first-order valence-corrected chi connectivity index (χ1v) is 4.47. The number of halogens is 1. The van der Waals surface area contributed by atoms with Gasteiger partial charge in [0.15, 0.2) is 0 Å². The van der Waals surface area contributed by atoms with Crippen LogP contribution in [0.1, 0.15) is 11.9 Å². The van der Waals surface area contributed by atoms with Crippen LogP contribution in [-0.4, -0.2) is 15.0 Å². The second kappa shape index (κ2) is 3.27. The van der Waals surface area contributed by atoms with Crippen LogP contribution in [0.2, 0.25) is 0 Å². The molecule has 1 heterocycles. The summed E-state index contributed by atoms with van der Waals surface area (Å²) in [7, 11) is 0. The monoisotopic (exact) mass is 206 g/mol. The van der Waals surface area contributed by atoms with Crippen molar-refractivity contribution in [1.82, 2.24) is 10.2 Å². The molecule has 2 nitrogen and oxygen atoms in total. The van der Waals surface area contributed by atoms with E-state index in [1.54, 1.807) is 16.8 Å². The Bertz CT molecular complexity index is 161. The largest absolute Gasteiger partial charge is 0.147 e. The van der Waals surface area contributed by atoms with Crippen molar-refractivity contribution in [1.29, 1.82) is 0 Å². The molecule has 0 aliphatic carbocycles. The molecule has 0 saturated heterocycles. The van der Waals surface area contributed by atoms with E-state index in [-0.39, 0.29) is 0 Å². The van der Waals surface area contributed by atoms with E-state index in [9.17, 15) is 0 Å². The molecule has 0 aromatic carbocycles. The molecular formula is C5H7BrN2S. The summed E-state index contributed by atoms with van der Waals surface area (Å²) in [6, 6.07) is 0. The van der Waals surface area contributed by atoms with Gasteiger partial charge in [-0.25, -0.2) is 0 Å². The Labute approximate surface area is 66.4 Å². The number of rotatable bonds is 2. The molecule has 0 bridgehead atoms. The summed E-state index contributed by atoms with van der Waals surface area (Å²) < 4.78 is 0. The molecule has 0 N–H and O–H groups in total. The molecular weight excluding hydrogens is 200 g/mol. The quantitative estimate of drug-likeness (QED) is 0.691. The van der Waals surface area contributed by atoms with Gasteiger partial charge in [-0.05, 0) is 0 Å². The maximum Gasteiger partial charge on any atom is 0.118 e. The molecule has 1 unspecified atom stereocenters. The Morgan fingerprint density at radius 3 is 3.11 bits per heavy atom. The highest BCUT2D eigenvalue weighted by molar-refractivity contribution is 9.09. The zero-order valence-electron chi connectivity index (χ0n) is 5.04. The second-order valence-electron chi connectivity index (χ2n) is 1.82. The maximum absolute atomic E-state index is 3.89. The lowest BCUT2D eigenvalue weighted by molar-refractivity contribution is 0.904. The summed E-state index contributed by atoms with van der Waals surface area (Å²) >= 11 is 5.03. The average Bonchev–Trinajstić information content (AvgIpc) is 2.15. The molecule has 0 fully saturated rings. The van der Waals surface area contributed by atoms with Gasteiger partial charge in [-0.1, -0.05) is 22.9 Å². The molecule has 4 heteroatoms. The van der Waals surface area contributed by atoms with Crippen LogP contribution in [0.15, 0.2) is 5.51 Å². The molecule has 9 heavy (non-hydrogen) atoms. The van der Waals surface area contributed by atoms with Crippen LogP contribution >= 0.6 is 27.3 Å². The lowest BCUT2D eigenvalue weighted by Crippen LogP contribution is -1.94. The van der Waals surface area contributed by atoms with Gasteiger partial charge in [0.05, 0.1) is 0 Å². The third-order valence-corrected chi connectivity index (χ3v) is 1.90. The van der Waals surface area contributed by atoms with Gasteiger partial charge in [0.1, 0.15) is 10.5 Å². The fourth-order valence-electron chi connectivity index (χ4n) is 0.526. The Balaban J connectivity index is 2.48. The first kappa shape index (κ1) is 7.15. The van der Waals surface area contributed by atoms with Crippen LogP contribution < -0.4 is 0 Å². The molecule has 0 aliphatic heterocycles. The second-order valence-corrected chi connectivity index (χ2v) is 4.30. The summed E-state index contributed by atoms with van der Waals surface area (Å²) in [4.78, 5) is 0.505. The number of hydrogen-bond acceptors (Lipinski definition) is 3.